The first-order valence-electron chi connectivity index (χ1n) is 12.7. The zero-order chi connectivity index (χ0) is 22.3. The van der Waals surface area contributed by atoms with Crippen molar-refractivity contribution in [2.24, 2.45) is 17.8 Å². The lowest BCUT2D eigenvalue weighted by molar-refractivity contribution is 0.0371. The van der Waals surface area contributed by atoms with Crippen LogP contribution < -0.4 is 0 Å². The Hall–Kier alpha value is -1.46. The highest BCUT2D eigenvalue weighted by molar-refractivity contribution is 5.24. The van der Waals surface area contributed by atoms with Gasteiger partial charge in [0.1, 0.15) is 0 Å². The normalized spacial score (nSPS) is 29.4. The Kier molecular flexibility index (Phi) is 8.59. The summed E-state index contributed by atoms with van der Waals surface area (Å²) in [5.41, 5.74) is 3.97. The molecule has 3 aliphatic rings. The zero-order valence-electron chi connectivity index (χ0n) is 19.7. The first-order chi connectivity index (χ1) is 15.6. The molecule has 2 N–H and O–H groups in total. The Morgan fingerprint density at radius 2 is 2.03 bits per heavy atom. The van der Waals surface area contributed by atoms with Gasteiger partial charge in [-0.25, -0.2) is 0 Å². The number of hydrogen-bond acceptors (Lipinski definition) is 4. The highest BCUT2D eigenvalue weighted by Gasteiger charge is 2.43. The summed E-state index contributed by atoms with van der Waals surface area (Å²) in [6.45, 7) is 7.24. The highest BCUT2D eigenvalue weighted by Crippen LogP contribution is 2.48. The number of rotatable bonds is 10. The number of aryl methyl sites for hydroxylation is 1. The van der Waals surface area contributed by atoms with E-state index >= 15 is 0 Å². The van der Waals surface area contributed by atoms with Crippen molar-refractivity contribution in [3.05, 3.63) is 59.2 Å². The third kappa shape index (κ3) is 6.54. The molecule has 5 atom stereocenters. The van der Waals surface area contributed by atoms with Crippen LogP contribution in [0.3, 0.4) is 0 Å². The van der Waals surface area contributed by atoms with Crippen LogP contribution in [0.4, 0.5) is 0 Å². The standard InChI is InChI=1S/C28H41NO3/c1-21-6-5-8-22(16-21)18-25(30)9-10-26-27-19-23(17-24(27)20-28(26)31)7-3-2-4-11-29-12-14-32-15-13-29/h5-6,8-10,16-17,24-28,30-31H,2-4,7,11-15,18-20H2,1H3/b10-9+/t24-,25-,26+,27-,28+/m0/s1. The third-order valence-electron chi connectivity index (χ3n) is 7.61. The molecule has 4 heteroatoms. The number of nitrogens with zero attached hydrogens (tertiary/aromatic N) is 1. The van der Waals surface area contributed by atoms with Crippen LogP contribution in [0.2, 0.25) is 0 Å². The number of morpholine rings is 1. The first-order valence-corrected chi connectivity index (χ1v) is 12.7. The van der Waals surface area contributed by atoms with Crippen molar-refractivity contribution in [1.29, 1.82) is 0 Å². The minimum Gasteiger partial charge on any atom is -0.392 e. The molecule has 1 heterocycles. The molecule has 1 aromatic rings. The van der Waals surface area contributed by atoms with E-state index in [4.69, 9.17) is 4.74 Å². The predicted octanol–water partition coefficient (Wildman–Crippen LogP) is 4.29. The van der Waals surface area contributed by atoms with E-state index in [1.165, 1.54) is 37.8 Å². The van der Waals surface area contributed by atoms with Crippen molar-refractivity contribution in [3.8, 4) is 0 Å². The van der Waals surface area contributed by atoms with Gasteiger partial charge in [0.2, 0.25) is 0 Å². The van der Waals surface area contributed by atoms with Gasteiger partial charge in [-0.1, -0.05) is 60.1 Å². The van der Waals surface area contributed by atoms with E-state index in [-0.39, 0.29) is 12.0 Å². The summed E-state index contributed by atoms with van der Waals surface area (Å²) >= 11 is 0. The van der Waals surface area contributed by atoms with Crippen LogP contribution in [-0.4, -0.2) is 60.2 Å². The summed E-state index contributed by atoms with van der Waals surface area (Å²) in [6.07, 6.45) is 13.4. The van der Waals surface area contributed by atoms with Crippen LogP contribution in [0.1, 0.15) is 49.7 Å². The number of aliphatic hydroxyl groups excluding tert-OH is 2. The molecule has 176 valence electrons. The van der Waals surface area contributed by atoms with E-state index in [2.05, 4.69) is 42.2 Å². The molecule has 1 aromatic carbocycles. The monoisotopic (exact) mass is 439 g/mol. The van der Waals surface area contributed by atoms with Crippen molar-refractivity contribution in [1.82, 2.24) is 4.90 Å². The zero-order valence-corrected chi connectivity index (χ0v) is 19.7. The van der Waals surface area contributed by atoms with Gasteiger partial charge < -0.3 is 14.9 Å². The highest BCUT2D eigenvalue weighted by atomic mass is 16.5. The van der Waals surface area contributed by atoms with Gasteiger partial charge in [-0.05, 0) is 63.0 Å². The quantitative estimate of drug-likeness (QED) is 0.422. The molecule has 0 unspecified atom stereocenters. The molecule has 4 rings (SSSR count). The van der Waals surface area contributed by atoms with E-state index in [0.717, 1.165) is 44.7 Å². The molecule has 0 spiro atoms. The second kappa shape index (κ2) is 11.6. The van der Waals surface area contributed by atoms with E-state index in [1.54, 1.807) is 5.57 Å². The Labute approximate surface area is 194 Å². The van der Waals surface area contributed by atoms with Gasteiger partial charge >= 0.3 is 0 Å². The summed E-state index contributed by atoms with van der Waals surface area (Å²) in [5.74, 6) is 1.19. The van der Waals surface area contributed by atoms with E-state index in [9.17, 15) is 10.2 Å². The Morgan fingerprint density at radius 1 is 1.19 bits per heavy atom. The van der Waals surface area contributed by atoms with Gasteiger partial charge in [-0.2, -0.15) is 0 Å². The maximum Gasteiger partial charge on any atom is 0.0761 e. The third-order valence-corrected chi connectivity index (χ3v) is 7.61. The van der Waals surface area contributed by atoms with E-state index in [0.29, 0.717) is 18.3 Å². The summed E-state index contributed by atoms with van der Waals surface area (Å²) in [7, 11) is 0. The van der Waals surface area contributed by atoms with Crippen LogP contribution in [0.25, 0.3) is 0 Å². The maximum atomic E-state index is 10.6. The largest absolute Gasteiger partial charge is 0.392 e. The van der Waals surface area contributed by atoms with Crippen LogP contribution in [0.15, 0.2) is 48.1 Å². The van der Waals surface area contributed by atoms with Crippen molar-refractivity contribution < 1.29 is 14.9 Å². The maximum absolute atomic E-state index is 10.6. The van der Waals surface area contributed by atoms with Crippen molar-refractivity contribution in [2.75, 3.05) is 32.8 Å². The lowest BCUT2D eigenvalue weighted by Gasteiger charge is -2.26. The topological polar surface area (TPSA) is 52.9 Å². The summed E-state index contributed by atoms with van der Waals surface area (Å²) in [4.78, 5) is 2.52. The minimum absolute atomic E-state index is 0.169. The SMILES string of the molecule is Cc1cccc(C[C@@H](O)/C=C/[C@@H]2[C@H]3CC(CCCCCN4CCOCC4)=C[C@H]3C[C@H]2O)c1. The Bertz CT molecular complexity index is 783. The van der Waals surface area contributed by atoms with Crippen molar-refractivity contribution >= 4 is 0 Å². The van der Waals surface area contributed by atoms with Crippen molar-refractivity contribution in [3.63, 3.8) is 0 Å². The molecule has 1 aliphatic heterocycles. The average Bonchev–Trinajstić information content (AvgIpc) is 3.29. The summed E-state index contributed by atoms with van der Waals surface area (Å²) < 4.78 is 5.42. The number of benzene rings is 1. The first kappa shape index (κ1) is 23.7. The molecule has 4 nitrogen and oxygen atoms in total. The minimum atomic E-state index is -0.497. The predicted molar refractivity (Wildman–Crippen MR) is 130 cm³/mol. The molecule has 2 aliphatic carbocycles. The molecular formula is C28H41NO3. The van der Waals surface area contributed by atoms with Gasteiger partial charge in [-0.15, -0.1) is 0 Å². The Morgan fingerprint density at radius 3 is 2.84 bits per heavy atom. The summed E-state index contributed by atoms with van der Waals surface area (Å²) in [6, 6.07) is 8.32. The molecule has 0 bridgehead atoms. The molecule has 1 saturated heterocycles. The van der Waals surface area contributed by atoms with Crippen LogP contribution in [0, 0.1) is 24.7 Å². The van der Waals surface area contributed by atoms with Gasteiger partial charge in [0.05, 0.1) is 25.4 Å². The van der Waals surface area contributed by atoms with Crippen LogP contribution >= 0.6 is 0 Å². The number of fused-ring (bicyclic) bond motifs is 1. The Balaban J connectivity index is 1.19. The van der Waals surface area contributed by atoms with E-state index < -0.39 is 6.10 Å². The molecule has 0 aromatic heterocycles. The smallest absolute Gasteiger partial charge is 0.0761 e. The summed E-state index contributed by atoms with van der Waals surface area (Å²) in [5, 5.41) is 21.1. The number of allylic oxidation sites excluding steroid dienone is 2. The second-order valence-electron chi connectivity index (χ2n) is 10.1. The second-order valence-corrected chi connectivity index (χ2v) is 10.1. The van der Waals surface area contributed by atoms with Crippen molar-refractivity contribution in [2.45, 2.75) is 64.1 Å². The number of ether oxygens (including phenoxy) is 1. The lowest BCUT2D eigenvalue weighted by atomic mass is 9.88. The van der Waals surface area contributed by atoms with Crippen LogP contribution in [0.5, 0.6) is 0 Å². The molecular weight excluding hydrogens is 398 g/mol. The van der Waals surface area contributed by atoms with Gasteiger partial charge in [0.15, 0.2) is 0 Å². The van der Waals surface area contributed by atoms with E-state index in [1.807, 2.05) is 12.1 Å². The molecule has 1 saturated carbocycles. The van der Waals surface area contributed by atoms with Gasteiger partial charge in [0.25, 0.3) is 0 Å². The molecule has 0 radical (unpaired) electrons. The molecule has 0 amide bonds. The fourth-order valence-electron chi connectivity index (χ4n) is 5.88. The fourth-order valence-corrected chi connectivity index (χ4v) is 5.88. The number of unbranched alkanes of at least 4 members (excludes halogenated alkanes) is 2. The van der Waals surface area contributed by atoms with Crippen LogP contribution in [-0.2, 0) is 11.2 Å². The fraction of sp³-hybridized carbons (Fsp3) is 0.643. The molecule has 2 fully saturated rings. The lowest BCUT2D eigenvalue weighted by Crippen LogP contribution is -2.36. The van der Waals surface area contributed by atoms with Gasteiger partial charge in [-0.3, -0.25) is 4.90 Å². The molecule has 32 heavy (non-hydrogen) atoms. The average molecular weight is 440 g/mol. The van der Waals surface area contributed by atoms with Gasteiger partial charge in [0, 0.05) is 25.4 Å². The number of hydrogen-bond donors (Lipinski definition) is 2. The number of aliphatic hydroxyl groups is 2.